The first-order chi connectivity index (χ1) is 5.11. The van der Waals surface area contributed by atoms with Gasteiger partial charge in [0.15, 0.2) is 0 Å². The Balaban J connectivity index is 0.00000121. The zero-order valence-electron chi connectivity index (χ0n) is 8.38. The minimum Gasteiger partial charge on any atom is -0.357 e. The Bertz CT molecular complexity index is 109. The SMILES string of the molecule is CC(C)(C)N1C[CH-]CC[CH-]C1.[V+2]. The summed E-state index contributed by atoms with van der Waals surface area (Å²) in [5.74, 6) is 0. The van der Waals surface area contributed by atoms with Gasteiger partial charge in [0.25, 0.3) is 0 Å². The predicted molar refractivity (Wildman–Crippen MR) is 49.2 cm³/mol. The van der Waals surface area contributed by atoms with Crippen molar-refractivity contribution >= 4 is 0 Å². The molecule has 0 N–H and O–H groups in total. The largest absolute Gasteiger partial charge is 2.00 e. The van der Waals surface area contributed by atoms with Crippen LogP contribution in [-0.4, -0.2) is 23.5 Å². The van der Waals surface area contributed by atoms with Gasteiger partial charge in [-0.05, 0) is 20.8 Å². The molecule has 1 radical (unpaired) electrons. The molecule has 0 aromatic heterocycles. The van der Waals surface area contributed by atoms with Gasteiger partial charge in [0.05, 0.1) is 0 Å². The maximum atomic E-state index is 2.50. The summed E-state index contributed by atoms with van der Waals surface area (Å²) in [6.45, 7) is 9.14. The van der Waals surface area contributed by atoms with Crippen LogP contribution < -0.4 is 0 Å². The summed E-state index contributed by atoms with van der Waals surface area (Å²) in [7, 11) is 0. The Morgan fingerprint density at radius 1 is 1.00 bits per heavy atom. The summed E-state index contributed by atoms with van der Waals surface area (Å²) in [5.41, 5.74) is 0.331. The fourth-order valence-electron chi connectivity index (χ4n) is 1.35. The van der Waals surface area contributed by atoms with E-state index < -0.39 is 0 Å². The summed E-state index contributed by atoms with van der Waals surface area (Å²) < 4.78 is 0. The molecule has 0 amide bonds. The Hall–Kier alpha value is 0.544. The molecule has 12 heavy (non-hydrogen) atoms. The third kappa shape index (κ3) is 3.98. The first kappa shape index (κ1) is 12.5. The molecule has 1 nitrogen and oxygen atoms in total. The average Bonchev–Trinajstić information content (AvgIpc) is 2.10. The van der Waals surface area contributed by atoms with Gasteiger partial charge in [-0.3, -0.25) is 0 Å². The molecule has 0 aromatic rings. The van der Waals surface area contributed by atoms with Crippen molar-refractivity contribution in [3.8, 4) is 0 Å². The van der Waals surface area contributed by atoms with Crippen LogP contribution in [0, 0.1) is 12.8 Å². The number of nitrogens with zero attached hydrogens (tertiary/aromatic N) is 1. The van der Waals surface area contributed by atoms with E-state index in [0.717, 1.165) is 13.1 Å². The monoisotopic (exact) mass is 204 g/mol. The Kier molecular flexibility index (Phi) is 5.55. The van der Waals surface area contributed by atoms with Crippen molar-refractivity contribution in [1.29, 1.82) is 0 Å². The van der Waals surface area contributed by atoms with Crippen LogP contribution in [0.5, 0.6) is 0 Å². The van der Waals surface area contributed by atoms with Gasteiger partial charge in [0, 0.05) is 5.54 Å². The van der Waals surface area contributed by atoms with Gasteiger partial charge >= 0.3 is 18.6 Å². The van der Waals surface area contributed by atoms with Gasteiger partial charge < -0.3 is 17.7 Å². The second-order valence-electron chi connectivity index (χ2n) is 4.23. The molecular weight excluding hydrogens is 185 g/mol. The van der Waals surface area contributed by atoms with E-state index in [2.05, 4.69) is 38.5 Å². The van der Waals surface area contributed by atoms with E-state index in [1.807, 2.05) is 0 Å². The Morgan fingerprint density at radius 2 is 1.42 bits per heavy atom. The topological polar surface area (TPSA) is 3.24 Å². The zero-order valence-corrected chi connectivity index (χ0v) is 9.77. The van der Waals surface area contributed by atoms with Crippen LogP contribution in [0.15, 0.2) is 0 Å². The minimum atomic E-state index is 0. The van der Waals surface area contributed by atoms with E-state index in [1.54, 1.807) is 0 Å². The van der Waals surface area contributed by atoms with Crippen molar-refractivity contribution in [2.45, 2.75) is 39.2 Å². The molecule has 1 heterocycles. The summed E-state index contributed by atoms with van der Waals surface area (Å²) in [4.78, 5) is 2.50. The first-order valence-corrected chi connectivity index (χ1v) is 4.49. The molecule has 0 atom stereocenters. The van der Waals surface area contributed by atoms with Crippen LogP contribution >= 0.6 is 0 Å². The zero-order chi connectivity index (χ0) is 8.32. The van der Waals surface area contributed by atoms with Crippen LogP contribution in [0.1, 0.15) is 33.6 Å². The summed E-state index contributed by atoms with van der Waals surface area (Å²) in [6.07, 6.45) is 7.28. The fourth-order valence-corrected chi connectivity index (χ4v) is 1.35. The van der Waals surface area contributed by atoms with E-state index in [9.17, 15) is 0 Å². The second-order valence-corrected chi connectivity index (χ2v) is 4.23. The molecule has 1 rings (SSSR count). The maximum Gasteiger partial charge on any atom is 2.00 e. The van der Waals surface area contributed by atoms with Crippen molar-refractivity contribution in [2.24, 2.45) is 0 Å². The first-order valence-electron chi connectivity index (χ1n) is 4.49. The number of hydrogen-bond acceptors (Lipinski definition) is 1. The smallest absolute Gasteiger partial charge is 0.357 e. The molecule has 2 heteroatoms. The van der Waals surface area contributed by atoms with Gasteiger partial charge in [-0.2, -0.15) is 0 Å². The van der Waals surface area contributed by atoms with Gasteiger partial charge in [-0.25, -0.2) is 12.8 Å². The van der Waals surface area contributed by atoms with E-state index in [0.29, 0.717) is 5.54 Å². The van der Waals surface area contributed by atoms with Crippen molar-refractivity contribution in [2.75, 3.05) is 13.1 Å². The van der Waals surface area contributed by atoms with Crippen molar-refractivity contribution in [3.63, 3.8) is 0 Å². The molecule has 0 bridgehead atoms. The Morgan fingerprint density at radius 3 is 1.75 bits per heavy atom. The van der Waals surface area contributed by atoms with Crippen molar-refractivity contribution in [3.05, 3.63) is 12.8 Å². The van der Waals surface area contributed by atoms with Crippen LogP contribution in [0.2, 0.25) is 0 Å². The third-order valence-electron chi connectivity index (χ3n) is 2.22. The number of likely N-dealkylation sites (tertiary alicyclic amines) is 1. The standard InChI is InChI=1S/C10H19N.V/c1-10(2,3)11-8-6-4-5-7-9-11;/h6-7H,4-5,8-9H2,1-3H3;/q-2;+2. The molecule has 1 aliphatic rings. The van der Waals surface area contributed by atoms with Crippen LogP contribution in [0.25, 0.3) is 0 Å². The minimum absolute atomic E-state index is 0. The van der Waals surface area contributed by atoms with Crippen molar-refractivity contribution < 1.29 is 18.6 Å². The Labute approximate surface area is 88.8 Å². The van der Waals surface area contributed by atoms with Crippen LogP contribution in [0.3, 0.4) is 0 Å². The maximum absolute atomic E-state index is 2.50. The molecule has 0 spiro atoms. The molecule has 0 unspecified atom stereocenters. The molecule has 1 saturated heterocycles. The van der Waals surface area contributed by atoms with E-state index in [1.165, 1.54) is 12.8 Å². The molecule has 1 fully saturated rings. The van der Waals surface area contributed by atoms with E-state index in [-0.39, 0.29) is 18.6 Å². The summed E-state index contributed by atoms with van der Waals surface area (Å²) in [6, 6.07) is 0. The van der Waals surface area contributed by atoms with Gasteiger partial charge in [0.2, 0.25) is 0 Å². The van der Waals surface area contributed by atoms with Gasteiger partial charge in [0.1, 0.15) is 0 Å². The number of rotatable bonds is 0. The summed E-state index contributed by atoms with van der Waals surface area (Å²) in [5, 5.41) is 0. The van der Waals surface area contributed by atoms with Crippen LogP contribution in [-0.2, 0) is 18.6 Å². The average molecular weight is 204 g/mol. The predicted octanol–water partition coefficient (Wildman–Crippen LogP) is 2.29. The molecule has 69 valence electrons. The quantitative estimate of drug-likeness (QED) is 0.547. The molecular formula is C10H19NV. The molecule has 0 aromatic carbocycles. The van der Waals surface area contributed by atoms with Crippen LogP contribution in [0.4, 0.5) is 0 Å². The fraction of sp³-hybridized carbons (Fsp3) is 0.800. The normalized spacial score (nSPS) is 21.2. The number of hydrogen-bond donors (Lipinski definition) is 0. The van der Waals surface area contributed by atoms with Gasteiger partial charge in [-0.15, -0.1) is 13.1 Å². The van der Waals surface area contributed by atoms with Crippen molar-refractivity contribution in [1.82, 2.24) is 4.90 Å². The molecule has 1 aliphatic heterocycles. The van der Waals surface area contributed by atoms with E-state index >= 15 is 0 Å². The van der Waals surface area contributed by atoms with Gasteiger partial charge in [-0.1, -0.05) is 0 Å². The third-order valence-corrected chi connectivity index (χ3v) is 2.22. The molecule has 0 aliphatic carbocycles. The second kappa shape index (κ2) is 5.31. The molecule has 0 saturated carbocycles. The van der Waals surface area contributed by atoms with E-state index in [4.69, 9.17) is 0 Å². The summed E-state index contributed by atoms with van der Waals surface area (Å²) >= 11 is 0.